The summed E-state index contributed by atoms with van der Waals surface area (Å²) in [5.74, 6) is 2.36. The van der Waals surface area contributed by atoms with Crippen LogP contribution in [0, 0.1) is 0 Å². The Morgan fingerprint density at radius 2 is 2.22 bits per heavy atom. The number of rotatable bonds is 1. The Kier molecular flexibility index (Phi) is 2.14. The van der Waals surface area contributed by atoms with Crippen LogP contribution in [0.2, 0.25) is 0 Å². The van der Waals surface area contributed by atoms with E-state index in [1.807, 2.05) is 11.8 Å². The minimum Gasteiger partial charge on any atom is -0.339 e. The number of hydrogen-bond donors (Lipinski definition) is 1. The lowest BCUT2D eigenvalue weighted by Gasteiger charge is -2.06. The van der Waals surface area contributed by atoms with Crippen LogP contribution in [0.3, 0.4) is 0 Å². The molecule has 0 saturated heterocycles. The summed E-state index contributed by atoms with van der Waals surface area (Å²) < 4.78 is 0. The lowest BCUT2D eigenvalue weighted by molar-refractivity contribution is 0.857. The van der Waals surface area contributed by atoms with Gasteiger partial charge in [-0.3, -0.25) is 0 Å². The molecule has 0 radical (unpaired) electrons. The second kappa shape index (κ2) is 3.81. The van der Waals surface area contributed by atoms with Gasteiger partial charge in [0.05, 0.1) is 12.1 Å². The Balaban J connectivity index is 1.85. The molecule has 0 bridgehead atoms. The Labute approximate surface area is 108 Å². The smallest absolute Gasteiger partial charge is 0.180 e. The van der Waals surface area contributed by atoms with Gasteiger partial charge in [0.25, 0.3) is 0 Å². The van der Waals surface area contributed by atoms with Crippen LogP contribution in [-0.2, 0) is 0 Å². The second-order valence-electron chi connectivity index (χ2n) is 4.28. The Bertz CT molecular complexity index is 689. The van der Waals surface area contributed by atoms with Crippen molar-refractivity contribution in [2.45, 2.75) is 10.8 Å². The number of benzene rings is 1. The molecule has 2 aromatic heterocycles. The highest BCUT2D eigenvalue weighted by Crippen LogP contribution is 2.42. The van der Waals surface area contributed by atoms with Crippen molar-refractivity contribution in [3.63, 3.8) is 0 Å². The van der Waals surface area contributed by atoms with Crippen molar-refractivity contribution in [3.05, 3.63) is 48.2 Å². The SMILES string of the molecule is c1ccc2c(c1)SCC2c1nc2ncncc2[nH]1. The van der Waals surface area contributed by atoms with Gasteiger partial charge in [0, 0.05) is 10.6 Å². The summed E-state index contributed by atoms with van der Waals surface area (Å²) in [4.78, 5) is 17.4. The first-order valence-corrected chi connectivity index (χ1v) is 6.78. The third-order valence-corrected chi connectivity index (χ3v) is 4.39. The van der Waals surface area contributed by atoms with Crippen LogP contribution in [0.5, 0.6) is 0 Å². The lowest BCUT2D eigenvalue weighted by Crippen LogP contribution is -2.01. The highest BCUT2D eigenvalue weighted by Gasteiger charge is 2.26. The number of nitrogens with zero attached hydrogens (tertiary/aromatic N) is 3. The van der Waals surface area contributed by atoms with Crippen molar-refractivity contribution in [2.75, 3.05) is 5.75 Å². The fraction of sp³-hybridized carbons (Fsp3) is 0.154. The van der Waals surface area contributed by atoms with E-state index in [1.54, 1.807) is 6.20 Å². The van der Waals surface area contributed by atoms with Crippen molar-refractivity contribution in [1.29, 1.82) is 0 Å². The molecular weight excluding hydrogens is 244 g/mol. The summed E-state index contributed by atoms with van der Waals surface area (Å²) in [6, 6.07) is 8.51. The van der Waals surface area contributed by atoms with E-state index in [-0.39, 0.29) is 0 Å². The number of fused-ring (bicyclic) bond motifs is 2. The average Bonchev–Trinajstić information content (AvgIpc) is 3.02. The van der Waals surface area contributed by atoms with E-state index in [1.165, 1.54) is 16.8 Å². The molecule has 1 aliphatic rings. The van der Waals surface area contributed by atoms with Crippen LogP contribution in [0.4, 0.5) is 0 Å². The van der Waals surface area contributed by atoms with Crippen LogP contribution < -0.4 is 0 Å². The van der Waals surface area contributed by atoms with Gasteiger partial charge in [-0.1, -0.05) is 18.2 Å². The van der Waals surface area contributed by atoms with Crippen molar-refractivity contribution < 1.29 is 0 Å². The molecule has 88 valence electrons. The van der Waals surface area contributed by atoms with E-state index in [2.05, 4.69) is 44.2 Å². The lowest BCUT2D eigenvalue weighted by atomic mass is 10.0. The summed E-state index contributed by atoms with van der Waals surface area (Å²) in [5, 5.41) is 0. The minimum atomic E-state index is 0.334. The maximum Gasteiger partial charge on any atom is 0.180 e. The fourth-order valence-electron chi connectivity index (χ4n) is 2.33. The van der Waals surface area contributed by atoms with Gasteiger partial charge in [0.15, 0.2) is 5.65 Å². The number of aromatic nitrogens is 4. The highest BCUT2D eigenvalue weighted by atomic mass is 32.2. The van der Waals surface area contributed by atoms with E-state index in [9.17, 15) is 0 Å². The third-order valence-electron chi connectivity index (χ3n) is 3.21. The summed E-state index contributed by atoms with van der Waals surface area (Å²) in [5.41, 5.74) is 3.01. The minimum absolute atomic E-state index is 0.334. The molecule has 18 heavy (non-hydrogen) atoms. The molecule has 0 spiro atoms. The molecule has 5 heteroatoms. The average molecular weight is 254 g/mol. The van der Waals surface area contributed by atoms with Crippen LogP contribution in [0.15, 0.2) is 41.7 Å². The van der Waals surface area contributed by atoms with Crippen LogP contribution in [-0.4, -0.2) is 25.7 Å². The van der Waals surface area contributed by atoms with Crippen LogP contribution in [0.1, 0.15) is 17.3 Å². The molecule has 0 fully saturated rings. The molecule has 1 aromatic carbocycles. The van der Waals surface area contributed by atoms with E-state index >= 15 is 0 Å². The highest BCUT2D eigenvalue weighted by molar-refractivity contribution is 7.99. The molecule has 1 unspecified atom stereocenters. The maximum absolute atomic E-state index is 4.57. The number of imidazole rings is 1. The van der Waals surface area contributed by atoms with Crippen LogP contribution >= 0.6 is 11.8 Å². The molecule has 1 atom stereocenters. The molecule has 0 aliphatic carbocycles. The first-order valence-electron chi connectivity index (χ1n) is 5.79. The first kappa shape index (κ1) is 10.1. The van der Waals surface area contributed by atoms with E-state index in [0.29, 0.717) is 5.92 Å². The largest absolute Gasteiger partial charge is 0.339 e. The van der Waals surface area contributed by atoms with Gasteiger partial charge < -0.3 is 4.98 Å². The Morgan fingerprint density at radius 3 is 3.17 bits per heavy atom. The van der Waals surface area contributed by atoms with Crippen molar-refractivity contribution in [1.82, 2.24) is 19.9 Å². The van der Waals surface area contributed by atoms with Gasteiger partial charge in [-0.15, -0.1) is 11.8 Å². The number of aromatic amines is 1. The third kappa shape index (κ3) is 1.44. The summed E-state index contributed by atoms with van der Waals surface area (Å²) in [6.45, 7) is 0. The van der Waals surface area contributed by atoms with Gasteiger partial charge in [0.1, 0.15) is 17.7 Å². The zero-order valence-corrected chi connectivity index (χ0v) is 10.3. The maximum atomic E-state index is 4.57. The predicted octanol–water partition coefficient (Wildman–Crippen LogP) is 2.59. The Hall–Kier alpha value is -1.88. The monoisotopic (exact) mass is 254 g/mol. The molecular formula is C13H10N4S. The molecule has 1 N–H and O–H groups in total. The number of thioether (sulfide) groups is 1. The fourth-order valence-corrected chi connectivity index (χ4v) is 3.57. The summed E-state index contributed by atoms with van der Waals surface area (Å²) in [7, 11) is 0. The Morgan fingerprint density at radius 1 is 1.28 bits per heavy atom. The first-order chi connectivity index (χ1) is 8.92. The van der Waals surface area contributed by atoms with E-state index in [4.69, 9.17) is 0 Å². The molecule has 3 aromatic rings. The van der Waals surface area contributed by atoms with Gasteiger partial charge in [-0.25, -0.2) is 15.0 Å². The van der Waals surface area contributed by atoms with E-state index < -0.39 is 0 Å². The van der Waals surface area contributed by atoms with E-state index in [0.717, 1.165) is 22.7 Å². The van der Waals surface area contributed by atoms with Crippen molar-refractivity contribution in [3.8, 4) is 0 Å². The molecule has 0 amide bonds. The summed E-state index contributed by atoms with van der Waals surface area (Å²) in [6.07, 6.45) is 3.30. The normalized spacial score (nSPS) is 18.1. The number of hydrogen-bond acceptors (Lipinski definition) is 4. The molecule has 4 rings (SSSR count). The zero-order chi connectivity index (χ0) is 11.9. The van der Waals surface area contributed by atoms with Gasteiger partial charge in [-0.05, 0) is 11.6 Å². The van der Waals surface area contributed by atoms with Gasteiger partial charge in [0.2, 0.25) is 0 Å². The molecule has 4 nitrogen and oxygen atoms in total. The van der Waals surface area contributed by atoms with Crippen molar-refractivity contribution >= 4 is 22.9 Å². The molecule has 0 saturated carbocycles. The standard InChI is InChI=1S/C13H10N4S/c1-2-4-11-8(3-1)9(6-18-11)12-16-10-5-14-7-15-13(10)17-12/h1-5,7,9H,6H2,(H,14,15,16,17). The summed E-state index contributed by atoms with van der Waals surface area (Å²) >= 11 is 1.88. The quantitative estimate of drug-likeness (QED) is 0.725. The van der Waals surface area contributed by atoms with Crippen LogP contribution in [0.25, 0.3) is 11.2 Å². The van der Waals surface area contributed by atoms with Gasteiger partial charge in [-0.2, -0.15) is 0 Å². The zero-order valence-electron chi connectivity index (χ0n) is 9.50. The van der Waals surface area contributed by atoms with Gasteiger partial charge >= 0.3 is 0 Å². The topological polar surface area (TPSA) is 54.5 Å². The molecule has 1 aliphatic heterocycles. The van der Waals surface area contributed by atoms with Crippen molar-refractivity contribution in [2.24, 2.45) is 0 Å². The molecule has 3 heterocycles. The number of H-pyrrole nitrogens is 1. The second-order valence-corrected chi connectivity index (χ2v) is 5.35. The number of nitrogens with one attached hydrogen (secondary N) is 1. The predicted molar refractivity (Wildman–Crippen MR) is 70.7 cm³/mol.